The summed E-state index contributed by atoms with van der Waals surface area (Å²) in [4.78, 5) is 0. The third-order valence-electron chi connectivity index (χ3n) is 4.20. The molecule has 114 valence electrons. The molecule has 2 aromatic rings. The minimum absolute atomic E-state index is 0.134. The van der Waals surface area contributed by atoms with Gasteiger partial charge in [-0.2, -0.15) is 0 Å². The molecule has 0 fully saturated rings. The molecule has 1 aromatic heterocycles. The second kappa shape index (κ2) is 6.95. The van der Waals surface area contributed by atoms with Crippen LogP contribution in [0.15, 0.2) is 28.7 Å². The number of benzene rings is 1. The summed E-state index contributed by atoms with van der Waals surface area (Å²) in [5.74, 6) is 1.97. The third-order valence-corrected chi connectivity index (χ3v) is 4.20. The molecule has 2 heteroatoms. The average Bonchev–Trinajstić information content (AvgIpc) is 2.94. The third kappa shape index (κ3) is 3.21. The van der Waals surface area contributed by atoms with Crippen LogP contribution in [0.1, 0.15) is 60.6 Å². The minimum atomic E-state index is 0.134. The van der Waals surface area contributed by atoms with Gasteiger partial charge in [0.05, 0.1) is 6.04 Å². The molecule has 21 heavy (non-hydrogen) atoms. The van der Waals surface area contributed by atoms with E-state index in [-0.39, 0.29) is 6.04 Å². The Morgan fingerprint density at radius 1 is 1.00 bits per heavy atom. The molecule has 2 rings (SSSR count). The van der Waals surface area contributed by atoms with E-state index in [2.05, 4.69) is 44.3 Å². The first-order valence-electron chi connectivity index (χ1n) is 8.02. The number of hydrogen-bond acceptors (Lipinski definition) is 2. The first-order chi connectivity index (χ1) is 10.1. The SMILES string of the molecule is CCc1cc(CC)c(C(NC)c2ccc(C)o2)c(CC)c1. The maximum absolute atomic E-state index is 5.88. The molecule has 0 amide bonds. The molecular weight excluding hydrogens is 258 g/mol. The van der Waals surface area contributed by atoms with Gasteiger partial charge in [0.1, 0.15) is 11.5 Å². The summed E-state index contributed by atoms with van der Waals surface area (Å²) in [5, 5.41) is 3.44. The smallest absolute Gasteiger partial charge is 0.125 e. The summed E-state index contributed by atoms with van der Waals surface area (Å²) in [5.41, 5.74) is 5.69. The van der Waals surface area contributed by atoms with Gasteiger partial charge in [0.15, 0.2) is 0 Å². The molecule has 1 atom stereocenters. The van der Waals surface area contributed by atoms with Crippen LogP contribution in [-0.2, 0) is 19.3 Å². The van der Waals surface area contributed by atoms with Crippen molar-refractivity contribution in [2.24, 2.45) is 0 Å². The van der Waals surface area contributed by atoms with Gasteiger partial charge in [-0.05, 0) is 67.6 Å². The maximum atomic E-state index is 5.88. The molecule has 0 radical (unpaired) electrons. The van der Waals surface area contributed by atoms with E-state index < -0.39 is 0 Å². The van der Waals surface area contributed by atoms with Gasteiger partial charge in [-0.3, -0.25) is 0 Å². The van der Waals surface area contributed by atoms with E-state index in [0.29, 0.717) is 0 Å². The van der Waals surface area contributed by atoms with Gasteiger partial charge in [0.2, 0.25) is 0 Å². The van der Waals surface area contributed by atoms with E-state index in [1.807, 2.05) is 20.0 Å². The summed E-state index contributed by atoms with van der Waals surface area (Å²) >= 11 is 0. The van der Waals surface area contributed by atoms with Gasteiger partial charge in [0.25, 0.3) is 0 Å². The predicted octanol–water partition coefficient (Wildman–Crippen LogP) is 4.58. The Labute approximate surface area is 128 Å². The van der Waals surface area contributed by atoms with Crippen LogP contribution in [0.3, 0.4) is 0 Å². The van der Waals surface area contributed by atoms with Crippen LogP contribution in [0.25, 0.3) is 0 Å². The highest BCUT2D eigenvalue weighted by molar-refractivity contribution is 5.44. The second-order valence-corrected chi connectivity index (χ2v) is 5.56. The average molecular weight is 285 g/mol. The minimum Gasteiger partial charge on any atom is -0.464 e. The van der Waals surface area contributed by atoms with Crippen LogP contribution in [0.4, 0.5) is 0 Å². The Balaban J connectivity index is 2.58. The zero-order valence-electron chi connectivity index (χ0n) is 13.9. The molecule has 0 saturated carbocycles. The lowest BCUT2D eigenvalue weighted by Gasteiger charge is -2.22. The van der Waals surface area contributed by atoms with E-state index in [1.165, 1.54) is 22.3 Å². The molecule has 1 heterocycles. The first-order valence-corrected chi connectivity index (χ1v) is 8.02. The van der Waals surface area contributed by atoms with Crippen LogP contribution >= 0.6 is 0 Å². The van der Waals surface area contributed by atoms with Gasteiger partial charge < -0.3 is 9.73 Å². The van der Waals surface area contributed by atoms with Crippen molar-refractivity contribution in [1.82, 2.24) is 5.32 Å². The molecule has 2 nitrogen and oxygen atoms in total. The molecule has 0 saturated heterocycles. The monoisotopic (exact) mass is 285 g/mol. The molecule has 0 aliphatic heterocycles. The Morgan fingerprint density at radius 2 is 1.62 bits per heavy atom. The number of hydrogen-bond donors (Lipinski definition) is 1. The van der Waals surface area contributed by atoms with E-state index in [9.17, 15) is 0 Å². The summed E-state index contributed by atoms with van der Waals surface area (Å²) in [6, 6.07) is 8.97. The van der Waals surface area contributed by atoms with Gasteiger partial charge in [-0.25, -0.2) is 0 Å². The molecule has 0 spiro atoms. The summed E-state index contributed by atoms with van der Waals surface area (Å²) in [6.45, 7) is 8.69. The van der Waals surface area contributed by atoms with Crippen molar-refractivity contribution in [3.05, 3.63) is 58.0 Å². The lowest BCUT2D eigenvalue weighted by molar-refractivity contribution is 0.442. The summed E-state index contributed by atoms with van der Waals surface area (Å²) in [6.07, 6.45) is 3.19. The van der Waals surface area contributed by atoms with Crippen LogP contribution < -0.4 is 5.32 Å². The van der Waals surface area contributed by atoms with Crippen LogP contribution in [0.2, 0.25) is 0 Å². The molecular formula is C19H27NO. The Hall–Kier alpha value is -1.54. The molecule has 1 aromatic carbocycles. The largest absolute Gasteiger partial charge is 0.464 e. The Bertz CT molecular complexity index is 572. The van der Waals surface area contributed by atoms with Crippen molar-refractivity contribution in [3.63, 3.8) is 0 Å². The molecule has 1 N–H and O–H groups in total. The zero-order valence-corrected chi connectivity index (χ0v) is 13.9. The number of aryl methyl sites for hydroxylation is 4. The van der Waals surface area contributed by atoms with Gasteiger partial charge in [-0.1, -0.05) is 32.9 Å². The molecule has 0 aliphatic rings. The fourth-order valence-electron chi connectivity index (χ4n) is 3.05. The van der Waals surface area contributed by atoms with Crippen molar-refractivity contribution in [1.29, 1.82) is 0 Å². The first kappa shape index (κ1) is 15.8. The Kier molecular flexibility index (Phi) is 5.24. The quantitative estimate of drug-likeness (QED) is 0.840. The normalized spacial score (nSPS) is 12.6. The van der Waals surface area contributed by atoms with E-state index in [4.69, 9.17) is 4.42 Å². The van der Waals surface area contributed by atoms with Crippen LogP contribution in [-0.4, -0.2) is 7.05 Å². The zero-order chi connectivity index (χ0) is 15.4. The molecule has 0 bridgehead atoms. The maximum Gasteiger partial charge on any atom is 0.125 e. The lowest BCUT2D eigenvalue weighted by atomic mass is 9.88. The summed E-state index contributed by atoms with van der Waals surface area (Å²) in [7, 11) is 2.01. The van der Waals surface area contributed by atoms with Gasteiger partial charge in [0, 0.05) is 0 Å². The lowest BCUT2D eigenvalue weighted by Crippen LogP contribution is -2.20. The van der Waals surface area contributed by atoms with Crippen molar-refractivity contribution in [3.8, 4) is 0 Å². The summed E-state index contributed by atoms with van der Waals surface area (Å²) < 4.78 is 5.88. The van der Waals surface area contributed by atoms with E-state index in [0.717, 1.165) is 30.8 Å². The molecule has 0 aliphatic carbocycles. The topological polar surface area (TPSA) is 25.2 Å². The number of nitrogens with one attached hydrogen (secondary N) is 1. The highest BCUT2D eigenvalue weighted by Crippen LogP contribution is 2.31. The predicted molar refractivity (Wildman–Crippen MR) is 88.9 cm³/mol. The Morgan fingerprint density at radius 3 is 2.00 bits per heavy atom. The fraction of sp³-hybridized carbons (Fsp3) is 0.474. The van der Waals surface area contributed by atoms with Crippen molar-refractivity contribution >= 4 is 0 Å². The van der Waals surface area contributed by atoms with Gasteiger partial charge in [-0.15, -0.1) is 0 Å². The van der Waals surface area contributed by atoms with Crippen molar-refractivity contribution in [2.45, 2.75) is 53.0 Å². The highest BCUT2D eigenvalue weighted by atomic mass is 16.3. The standard InChI is InChI=1S/C19H27NO/c1-6-14-11-15(7-2)18(16(8-3)12-14)19(20-5)17-10-9-13(4)21-17/h9-12,19-20H,6-8H2,1-5H3. The van der Waals surface area contributed by atoms with Crippen molar-refractivity contribution in [2.75, 3.05) is 7.05 Å². The van der Waals surface area contributed by atoms with Crippen LogP contribution in [0, 0.1) is 6.92 Å². The van der Waals surface area contributed by atoms with Crippen LogP contribution in [0.5, 0.6) is 0 Å². The van der Waals surface area contributed by atoms with E-state index >= 15 is 0 Å². The van der Waals surface area contributed by atoms with Gasteiger partial charge >= 0.3 is 0 Å². The second-order valence-electron chi connectivity index (χ2n) is 5.56. The number of furan rings is 1. The molecule has 1 unspecified atom stereocenters. The van der Waals surface area contributed by atoms with E-state index in [1.54, 1.807) is 0 Å². The fourth-order valence-corrected chi connectivity index (χ4v) is 3.05. The van der Waals surface area contributed by atoms with Crippen molar-refractivity contribution < 1.29 is 4.42 Å². The highest BCUT2D eigenvalue weighted by Gasteiger charge is 2.21. The number of rotatable bonds is 6.